The second kappa shape index (κ2) is 7.24. The SMILES string of the molecule is CN(C1=NC(OS(=O)(=O)O)CO1)c1ccc(C(F)(F)C(F)(F)C(F)(F)Cl)cc1. The molecule has 15 heteroatoms. The summed E-state index contributed by atoms with van der Waals surface area (Å²) in [6.45, 7) is -0.396. The highest BCUT2D eigenvalue weighted by Crippen LogP contribution is 2.52. The molecule has 1 aliphatic rings. The molecule has 0 amide bonds. The van der Waals surface area contributed by atoms with Crippen LogP contribution < -0.4 is 4.90 Å². The average Bonchev–Trinajstić information content (AvgIpc) is 2.99. The van der Waals surface area contributed by atoms with Crippen LogP contribution >= 0.6 is 11.6 Å². The van der Waals surface area contributed by atoms with E-state index >= 15 is 0 Å². The molecule has 0 fully saturated rings. The highest BCUT2D eigenvalue weighted by atomic mass is 35.5. The van der Waals surface area contributed by atoms with Gasteiger partial charge in [-0.05, 0) is 23.7 Å². The lowest BCUT2D eigenvalue weighted by Gasteiger charge is -2.29. The predicted octanol–water partition coefficient (Wildman–Crippen LogP) is 3.21. The van der Waals surface area contributed by atoms with Gasteiger partial charge in [0.25, 0.3) is 6.02 Å². The Labute approximate surface area is 159 Å². The number of aliphatic imine (C=N–C) groups is 1. The number of hydrogen-bond acceptors (Lipinski definition) is 6. The topological polar surface area (TPSA) is 88.4 Å². The van der Waals surface area contributed by atoms with Crippen molar-refractivity contribution in [2.75, 3.05) is 18.6 Å². The van der Waals surface area contributed by atoms with Crippen LogP contribution in [0.1, 0.15) is 5.56 Å². The molecule has 1 aromatic carbocycles. The molecule has 1 N–H and O–H groups in total. The van der Waals surface area contributed by atoms with Crippen molar-refractivity contribution in [3.63, 3.8) is 0 Å². The Hall–Kier alpha value is -1.77. The third-order valence-electron chi connectivity index (χ3n) is 3.50. The number of hydrogen-bond donors (Lipinski definition) is 1. The molecule has 0 radical (unpaired) electrons. The minimum Gasteiger partial charge on any atom is -0.460 e. The van der Waals surface area contributed by atoms with Crippen LogP contribution in [0.5, 0.6) is 0 Å². The number of ether oxygens (including phenoxy) is 1. The van der Waals surface area contributed by atoms with Gasteiger partial charge in [-0.3, -0.25) is 9.45 Å². The van der Waals surface area contributed by atoms with Crippen molar-refractivity contribution in [3.8, 4) is 0 Å². The normalized spacial score (nSPS) is 18.6. The van der Waals surface area contributed by atoms with E-state index in [0.29, 0.717) is 12.1 Å². The molecule has 2 rings (SSSR count). The fourth-order valence-corrected chi connectivity index (χ4v) is 2.58. The lowest BCUT2D eigenvalue weighted by atomic mass is 10.0. The van der Waals surface area contributed by atoms with Gasteiger partial charge in [0.05, 0.1) is 0 Å². The van der Waals surface area contributed by atoms with Gasteiger partial charge in [-0.2, -0.15) is 39.8 Å². The van der Waals surface area contributed by atoms with Gasteiger partial charge in [-0.15, -0.1) is 0 Å². The third kappa shape index (κ3) is 4.45. The van der Waals surface area contributed by atoms with E-state index in [1.54, 1.807) is 0 Å². The third-order valence-corrected chi connectivity index (χ3v) is 4.20. The van der Waals surface area contributed by atoms with Crippen LogP contribution in [0.2, 0.25) is 0 Å². The molecular weight excluding hydrogens is 446 g/mol. The first kappa shape index (κ1) is 22.5. The zero-order valence-electron chi connectivity index (χ0n) is 13.6. The molecule has 0 bridgehead atoms. The summed E-state index contributed by atoms with van der Waals surface area (Å²) in [7, 11) is -3.51. The molecule has 7 nitrogen and oxygen atoms in total. The fraction of sp³-hybridized carbons (Fsp3) is 0.462. The lowest BCUT2D eigenvalue weighted by molar-refractivity contribution is -0.286. The van der Waals surface area contributed by atoms with E-state index in [4.69, 9.17) is 9.29 Å². The lowest BCUT2D eigenvalue weighted by Crippen LogP contribution is -2.49. The number of nitrogens with zero attached hydrogens (tertiary/aromatic N) is 2. The minimum absolute atomic E-state index is 0.0479. The average molecular weight is 457 g/mol. The van der Waals surface area contributed by atoms with Crippen molar-refractivity contribution < 1.29 is 48.2 Å². The van der Waals surface area contributed by atoms with Crippen LogP contribution in [0, 0.1) is 0 Å². The molecule has 1 aromatic rings. The van der Waals surface area contributed by atoms with Crippen LogP contribution in [0.25, 0.3) is 0 Å². The van der Waals surface area contributed by atoms with Crippen LogP contribution in [0.3, 0.4) is 0 Å². The number of alkyl halides is 7. The molecule has 0 saturated carbocycles. The molecule has 1 atom stereocenters. The molecule has 1 unspecified atom stereocenters. The van der Waals surface area contributed by atoms with E-state index in [9.17, 15) is 34.8 Å². The van der Waals surface area contributed by atoms with Gasteiger partial charge in [0, 0.05) is 18.3 Å². The van der Waals surface area contributed by atoms with Crippen molar-refractivity contribution in [2.24, 2.45) is 4.99 Å². The Bertz CT molecular complexity index is 859. The van der Waals surface area contributed by atoms with Gasteiger partial charge in [0.1, 0.15) is 6.61 Å². The molecule has 1 heterocycles. The van der Waals surface area contributed by atoms with E-state index in [0.717, 1.165) is 17.0 Å². The summed E-state index contributed by atoms with van der Waals surface area (Å²) in [6.07, 6.45) is -1.40. The smallest absolute Gasteiger partial charge is 0.399 e. The second-order valence-electron chi connectivity index (χ2n) is 5.45. The van der Waals surface area contributed by atoms with E-state index < -0.39 is 46.0 Å². The van der Waals surface area contributed by atoms with Gasteiger partial charge in [0.2, 0.25) is 6.23 Å². The number of anilines is 1. The molecule has 0 aromatic heterocycles. The number of rotatable bonds is 6. The van der Waals surface area contributed by atoms with Gasteiger partial charge < -0.3 is 4.74 Å². The van der Waals surface area contributed by atoms with E-state index in [1.165, 1.54) is 7.05 Å². The maximum Gasteiger partial charge on any atom is 0.399 e. The quantitative estimate of drug-likeness (QED) is 0.402. The molecule has 1 aliphatic heterocycles. The summed E-state index contributed by atoms with van der Waals surface area (Å²) in [5, 5.41) is -5.49. The maximum atomic E-state index is 13.8. The standard InChI is InChI=1S/C13H11ClF6N2O5S/c1-22(10-21-9(6-26-10)27-28(23,24)25)8-4-2-7(3-5-8)11(15,16)12(17,18)13(14,19)20/h2-5,9H,6H2,1H3,(H,23,24,25). The summed E-state index contributed by atoms with van der Waals surface area (Å²) in [4.78, 5) is 4.77. The Morgan fingerprint density at radius 1 is 1.21 bits per heavy atom. The van der Waals surface area contributed by atoms with Crippen molar-refractivity contribution in [2.45, 2.75) is 23.5 Å². The summed E-state index contributed by atoms with van der Waals surface area (Å²) < 4.78 is 119. The summed E-state index contributed by atoms with van der Waals surface area (Å²) in [5.41, 5.74) is -1.37. The van der Waals surface area contributed by atoms with Crippen LogP contribution in [-0.4, -0.2) is 50.2 Å². The van der Waals surface area contributed by atoms with E-state index in [-0.39, 0.29) is 11.7 Å². The Balaban J connectivity index is 2.22. The number of amidine groups is 1. The van der Waals surface area contributed by atoms with Gasteiger partial charge >= 0.3 is 27.6 Å². The zero-order valence-corrected chi connectivity index (χ0v) is 15.2. The highest BCUT2D eigenvalue weighted by molar-refractivity contribution is 7.80. The molecule has 0 saturated heterocycles. The zero-order chi connectivity index (χ0) is 21.5. The summed E-state index contributed by atoms with van der Waals surface area (Å²) in [6, 6.07) is 2.47. The molecule has 0 aliphatic carbocycles. The Morgan fingerprint density at radius 2 is 1.75 bits per heavy atom. The minimum atomic E-state index is -5.85. The summed E-state index contributed by atoms with van der Waals surface area (Å²) >= 11 is 4.11. The monoisotopic (exact) mass is 456 g/mol. The molecule has 0 spiro atoms. The van der Waals surface area contributed by atoms with E-state index in [2.05, 4.69) is 20.8 Å². The largest absolute Gasteiger partial charge is 0.460 e. The maximum absolute atomic E-state index is 13.8. The summed E-state index contributed by atoms with van der Waals surface area (Å²) in [5.74, 6) is -11.1. The van der Waals surface area contributed by atoms with Gasteiger partial charge in [-0.25, -0.2) is 4.18 Å². The second-order valence-corrected chi connectivity index (χ2v) is 6.98. The van der Waals surface area contributed by atoms with Crippen molar-refractivity contribution >= 4 is 33.7 Å². The molecular formula is C13H11ClF6N2O5S. The van der Waals surface area contributed by atoms with Gasteiger partial charge in [-0.1, -0.05) is 12.1 Å². The van der Waals surface area contributed by atoms with E-state index in [1.807, 2.05) is 0 Å². The van der Waals surface area contributed by atoms with Crippen LogP contribution in [0.15, 0.2) is 29.3 Å². The first-order valence-electron chi connectivity index (χ1n) is 7.09. The predicted molar refractivity (Wildman–Crippen MR) is 84.3 cm³/mol. The molecule has 158 valence electrons. The van der Waals surface area contributed by atoms with Gasteiger partial charge in [0.15, 0.2) is 0 Å². The first-order chi connectivity index (χ1) is 12.6. The highest BCUT2D eigenvalue weighted by Gasteiger charge is 2.71. The van der Waals surface area contributed by atoms with Crippen molar-refractivity contribution in [3.05, 3.63) is 29.8 Å². The molecule has 28 heavy (non-hydrogen) atoms. The number of halogens is 7. The van der Waals surface area contributed by atoms with Crippen LogP contribution in [-0.2, 0) is 25.2 Å². The van der Waals surface area contributed by atoms with Crippen molar-refractivity contribution in [1.82, 2.24) is 0 Å². The Kier molecular flexibility index (Phi) is 5.82. The first-order valence-corrected chi connectivity index (χ1v) is 8.83. The Morgan fingerprint density at radius 3 is 2.21 bits per heavy atom. The number of benzene rings is 1. The van der Waals surface area contributed by atoms with Crippen LogP contribution in [0.4, 0.5) is 32.0 Å². The van der Waals surface area contributed by atoms with Crippen molar-refractivity contribution in [1.29, 1.82) is 0 Å². The fourth-order valence-electron chi connectivity index (χ4n) is 2.08.